The highest BCUT2D eigenvalue weighted by Gasteiger charge is 2.28. The standard InChI is InChI=1S/C41H74O15P2/c1-4-5-6-7-14-19-25-36(42)26-20-16-17-21-27-37(43)28-23-30-40(45)52-33-39(34-55-58(50,51)54-32-38(44)31-53-57(47,48)49)56-41(46)29-22-15-12-10-8-9-11-13-18-24-35(2)3/h14,16-17,19-21,26-27,35-39,42-44H,4-13,15,18,22-25,28-34H2,1-3H3,(H,50,51)(H2,47,48,49)/b17-16+,19-14-,26-20+,27-21-/t36-,37-,38+,39-/m1/s1. The number of rotatable bonds is 38. The highest BCUT2D eigenvalue weighted by Crippen LogP contribution is 2.43. The van der Waals surface area contributed by atoms with E-state index in [0.29, 0.717) is 12.8 Å². The van der Waals surface area contributed by atoms with Crippen LogP contribution in [0.5, 0.6) is 0 Å². The predicted molar refractivity (Wildman–Crippen MR) is 223 cm³/mol. The molecular weight excluding hydrogens is 794 g/mol. The van der Waals surface area contributed by atoms with E-state index >= 15 is 0 Å². The molecule has 0 bridgehead atoms. The van der Waals surface area contributed by atoms with Gasteiger partial charge in [0.25, 0.3) is 0 Å². The second-order valence-corrected chi connectivity index (χ2v) is 17.5. The van der Waals surface area contributed by atoms with Gasteiger partial charge in [-0.15, -0.1) is 0 Å². The smallest absolute Gasteiger partial charge is 0.462 e. The fraction of sp³-hybridized carbons (Fsp3) is 0.756. The number of ether oxygens (including phenoxy) is 2. The SMILES string of the molecule is CCCCC/C=C\C[C@@H](O)/C=C/C=C/C=C\[C@@H](O)CCCC(=O)OC[C@H](COP(=O)(O)OC[C@@H](O)COP(=O)(O)O)OC(=O)CCCCCCCCCCCC(C)C. The van der Waals surface area contributed by atoms with Crippen molar-refractivity contribution in [1.82, 2.24) is 0 Å². The monoisotopic (exact) mass is 868 g/mol. The predicted octanol–water partition coefficient (Wildman–Crippen LogP) is 8.08. The number of aliphatic hydroxyl groups is 3. The molecule has 338 valence electrons. The Morgan fingerprint density at radius 2 is 1.17 bits per heavy atom. The van der Waals surface area contributed by atoms with Crippen molar-refractivity contribution in [3.8, 4) is 0 Å². The van der Waals surface area contributed by atoms with Crippen LogP contribution in [0.2, 0.25) is 0 Å². The molecule has 0 fully saturated rings. The van der Waals surface area contributed by atoms with E-state index in [1.807, 2.05) is 6.08 Å². The van der Waals surface area contributed by atoms with Crippen molar-refractivity contribution in [3.63, 3.8) is 0 Å². The first-order valence-electron chi connectivity index (χ1n) is 20.9. The average molecular weight is 869 g/mol. The lowest BCUT2D eigenvalue weighted by Gasteiger charge is -2.20. The van der Waals surface area contributed by atoms with Crippen LogP contribution in [0.15, 0.2) is 48.6 Å². The van der Waals surface area contributed by atoms with Gasteiger partial charge in [-0.25, -0.2) is 9.13 Å². The minimum absolute atomic E-state index is 0.0654. The van der Waals surface area contributed by atoms with Crippen LogP contribution >= 0.6 is 15.6 Å². The second-order valence-electron chi connectivity index (χ2n) is 14.8. The summed E-state index contributed by atoms with van der Waals surface area (Å²) in [6, 6.07) is 0. The topological polar surface area (TPSA) is 236 Å². The molecule has 0 aromatic heterocycles. The molecular formula is C41H74O15P2. The molecule has 1 unspecified atom stereocenters. The molecule has 0 saturated heterocycles. The Hall–Kier alpha value is -2.00. The van der Waals surface area contributed by atoms with Crippen LogP contribution in [0.25, 0.3) is 0 Å². The van der Waals surface area contributed by atoms with Crippen molar-refractivity contribution in [2.45, 2.75) is 167 Å². The molecule has 0 radical (unpaired) electrons. The number of hydrogen-bond donors (Lipinski definition) is 6. The van der Waals surface area contributed by atoms with Crippen molar-refractivity contribution in [2.75, 3.05) is 26.4 Å². The van der Waals surface area contributed by atoms with Gasteiger partial charge in [0.2, 0.25) is 0 Å². The summed E-state index contributed by atoms with van der Waals surface area (Å²) in [5.74, 6) is -0.539. The summed E-state index contributed by atoms with van der Waals surface area (Å²) in [7, 11) is -9.75. The maximum Gasteiger partial charge on any atom is 0.472 e. The molecule has 0 saturated carbocycles. The Labute approximate surface area is 346 Å². The van der Waals surface area contributed by atoms with Crippen molar-refractivity contribution in [2.24, 2.45) is 5.92 Å². The summed E-state index contributed by atoms with van der Waals surface area (Å²) in [6.45, 7) is 3.67. The molecule has 0 spiro atoms. The van der Waals surface area contributed by atoms with Gasteiger partial charge in [0, 0.05) is 12.8 Å². The summed E-state index contributed by atoms with van der Waals surface area (Å²) >= 11 is 0. The van der Waals surface area contributed by atoms with E-state index in [4.69, 9.17) is 23.8 Å². The third kappa shape index (κ3) is 39.5. The van der Waals surface area contributed by atoms with Crippen molar-refractivity contribution in [1.29, 1.82) is 0 Å². The lowest BCUT2D eigenvalue weighted by Crippen LogP contribution is -2.30. The third-order valence-electron chi connectivity index (χ3n) is 8.58. The van der Waals surface area contributed by atoms with E-state index in [0.717, 1.165) is 44.4 Å². The number of esters is 2. The van der Waals surface area contributed by atoms with Crippen LogP contribution < -0.4 is 0 Å². The van der Waals surface area contributed by atoms with Gasteiger partial charge >= 0.3 is 27.6 Å². The number of phosphoric acid groups is 2. The van der Waals surface area contributed by atoms with Crippen LogP contribution in [0.3, 0.4) is 0 Å². The van der Waals surface area contributed by atoms with Gasteiger partial charge in [0.05, 0.1) is 32.0 Å². The minimum Gasteiger partial charge on any atom is -0.462 e. The number of unbranched alkanes of at least 4 members (excludes halogenated alkanes) is 11. The van der Waals surface area contributed by atoms with Gasteiger partial charge in [-0.2, -0.15) is 0 Å². The first-order valence-corrected chi connectivity index (χ1v) is 23.9. The van der Waals surface area contributed by atoms with Gasteiger partial charge in [-0.05, 0) is 44.4 Å². The summed E-state index contributed by atoms with van der Waals surface area (Å²) in [5, 5.41) is 30.0. The van der Waals surface area contributed by atoms with E-state index in [2.05, 4.69) is 35.9 Å². The quantitative estimate of drug-likeness (QED) is 0.0113. The normalized spacial score (nSPS) is 15.8. The number of phosphoric ester groups is 2. The van der Waals surface area contributed by atoms with Crippen LogP contribution in [0.4, 0.5) is 0 Å². The zero-order valence-corrected chi connectivity index (χ0v) is 36.8. The minimum atomic E-state index is -4.89. The molecule has 0 heterocycles. The van der Waals surface area contributed by atoms with E-state index in [1.165, 1.54) is 44.9 Å². The molecule has 0 rings (SSSR count). The van der Waals surface area contributed by atoms with Crippen molar-refractivity contribution in [3.05, 3.63) is 48.6 Å². The first-order chi connectivity index (χ1) is 27.5. The van der Waals surface area contributed by atoms with Gasteiger partial charge in [0.1, 0.15) is 12.7 Å². The molecule has 17 heteroatoms. The van der Waals surface area contributed by atoms with Crippen molar-refractivity contribution < 1.29 is 71.8 Å². The van der Waals surface area contributed by atoms with E-state index in [-0.39, 0.29) is 25.7 Å². The molecule has 0 aromatic carbocycles. The Balaban J connectivity index is 4.79. The van der Waals surface area contributed by atoms with Crippen LogP contribution in [0, 0.1) is 5.92 Å². The molecule has 58 heavy (non-hydrogen) atoms. The van der Waals surface area contributed by atoms with Gasteiger partial charge in [-0.1, -0.05) is 140 Å². The van der Waals surface area contributed by atoms with Crippen molar-refractivity contribution >= 4 is 27.6 Å². The molecule has 0 aliphatic rings. The zero-order chi connectivity index (χ0) is 43.5. The number of carbonyl (C=O) groups is 2. The van der Waals surface area contributed by atoms with E-state index in [9.17, 15) is 38.9 Å². The van der Waals surface area contributed by atoms with Gasteiger partial charge in [0.15, 0.2) is 6.10 Å². The first kappa shape index (κ1) is 56.0. The Morgan fingerprint density at radius 1 is 0.603 bits per heavy atom. The Bertz CT molecular complexity index is 1260. The number of aliphatic hydroxyl groups excluding tert-OH is 3. The average Bonchev–Trinajstić information content (AvgIpc) is 3.15. The lowest BCUT2D eigenvalue weighted by atomic mass is 10.0. The zero-order valence-electron chi connectivity index (χ0n) is 35.0. The largest absolute Gasteiger partial charge is 0.472 e. The summed E-state index contributed by atoms with van der Waals surface area (Å²) in [6.07, 6.45) is 26.2. The molecule has 15 nitrogen and oxygen atoms in total. The van der Waals surface area contributed by atoms with E-state index < -0.39 is 78.4 Å². The molecule has 0 amide bonds. The summed E-state index contributed by atoms with van der Waals surface area (Å²) in [4.78, 5) is 52.6. The van der Waals surface area contributed by atoms with E-state index in [1.54, 1.807) is 36.5 Å². The van der Waals surface area contributed by atoms with Gasteiger partial charge < -0.3 is 39.5 Å². The number of hydrogen-bond acceptors (Lipinski definition) is 12. The number of carbonyl (C=O) groups excluding carboxylic acids is 2. The highest BCUT2D eigenvalue weighted by atomic mass is 31.2. The summed E-state index contributed by atoms with van der Waals surface area (Å²) in [5.41, 5.74) is 0. The molecule has 0 aliphatic heterocycles. The third-order valence-corrected chi connectivity index (χ3v) is 10.0. The summed E-state index contributed by atoms with van der Waals surface area (Å²) < 4.78 is 47.5. The molecule has 0 aromatic rings. The van der Waals surface area contributed by atoms with Gasteiger partial charge in [-0.3, -0.25) is 23.2 Å². The Kier molecular flexibility index (Phi) is 34.5. The van der Waals surface area contributed by atoms with Crippen LogP contribution in [-0.4, -0.2) is 92.8 Å². The second kappa shape index (κ2) is 35.7. The Morgan fingerprint density at radius 3 is 1.79 bits per heavy atom. The fourth-order valence-corrected chi connectivity index (χ4v) is 6.47. The molecule has 6 N–H and O–H groups in total. The molecule has 0 aliphatic carbocycles. The maximum absolute atomic E-state index is 12.6. The fourth-order valence-electron chi connectivity index (χ4n) is 5.31. The van der Waals surface area contributed by atoms with Crippen LogP contribution in [0.1, 0.15) is 143 Å². The molecule has 5 atom stereocenters. The highest BCUT2D eigenvalue weighted by molar-refractivity contribution is 7.47. The van der Waals surface area contributed by atoms with Crippen LogP contribution in [-0.2, 0) is 41.8 Å². The maximum atomic E-state index is 12.6. The lowest BCUT2D eigenvalue weighted by molar-refractivity contribution is -0.161. The number of allylic oxidation sites excluding steroid dienone is 5.